The van der Waals surface area contributed by atoms with Crippen molar-refractivity contribution in [1.29, 1.82) is 0 Å². The maximum Gasteiger partial charge on any atom is 0.190 e. The smallest absolute Gasteiger partial charge is 0.190 e. The maximum absolute atomic E-state index is 5.67. The van der Waals surface area contributed by atoms with Crippen molar-refractivity contribution in [1.82, 2.24) is 10.6 Å². The molecule has 0 aromatic heterocycles. The molecule has 0 heterocycles. The number of rotatable bonds is 13. The van der Waals surface area contributed by atoms with Crippen molar-refractivity contribution in [3.05, 3.63) is 30.3 Å². The summed E-state index contributed by atoms with van der Waals surface area (Å²) in [6, 6.07) is 9.93. The Hall–Kier alpha value is -1.75. The van der Waals surface area contributed by atoms with Crippen LogP contribution >= 0.6 is 0 Å². The van der Waals surface area contributed by atoms with Gasteiger partial charge in [-0.1, -0.05) is 31.5 Å². The summed E-state index contributed by atoms with van der Waals surface area (Å²) in [5.41, 5.74) is 0. The van der Waals surface area contributed by atoms with E-state index in [2.05, 4.69) is 22.5 Å². The predicted octanol–water partition coefficient (Wildman–Crippen LogP) is 3.22. The third kappa shape index (κ3) is 10.9. The van der Waals surface area contributed by atoms with E-state index in [4.69, 9.17) is 9.47 Å². The molecule has 24 heavy (non-hydrogen) atoms. The van der Waals surface area contributed by atoms with E-state index in [1.54, 1.807) is 7.05 Å². The van der Waals surface area contributed by atoms with Gasteiger partial charge in [0.25, 0.3) is 0 Å². The SMILES string of the molecule is CCCCOCCCNC(=NC)NCCCCOc1ccccc1. The van der Waals surface area contributed by atoms with E-state index < -0.39 is 0 Å². The Kier molecular flexibility index (Phi) is 12.5. The lowest BCUT2D eigenvalue weighted by molar-refractivity contribution is 0.129. The fourth-order valence-corrected chi connectivity index (χ4v) is 2.09. The molecule has 0 aliphatic rings. The minimum Gasteiger partial charge on any atom is -0.494 e. The fraction of sp³-hybridized carbons (Fsp3) is 0.632. The highest BCUT2D eigenvalue weighted by molar-refractivity contribution is 5.79. The Balaban J connectivity index is 1.94. The number of ether oxygens (including phenoxy) is 2. The fourth-order valence-electron chi connectivity index (χ4n) is 2.09. The Labute approximate surface area is 146 Å². The van der Waals surface area contributed by atoms with Gasteiger partial charge in [0.05, 0.1) is 6.61 Å². The zero-order valence-electron chi connectivity index (χ0n) is 15.2. The van der Waals surface area contributed by atoms with Crippen LogP contribution in [0.15, 0.2) is 35.3 Å². The van der Waals surface area contributed by atoms with Crippen LogP contribution in [0.1, 0.15) is 39.0 Å². The van der Waals surface area contributed by atoms with Crippen molar-refractivity contribution in [2.75, 3.05) is 40.0 Å². The van der Waals surface area contributed by atoms with Gasteiger partial charge in [0.1, 0.15) is 5.75 Å². The molecular weight excluding hydrogens is 302 g/mol. The zero-order valence-corrected chi connectivity index (χ0v) is 15.2. The van der Waals surface area contributed by atoms with Gasteiger partial charge in [0, 0.05) is 33.4 Å². The van der Waals surface area contributed by atoms with E-state index in [1.807, 2.05) is 30.3 Å². The first-order chi connectivity index (χ1) is 11.9. The minimum atomic E-state index is 0.743. The van der Waals surface area contributed by atoms with Crippen LogP contribution in [0.5, 0.6) is 5.75 Å². The molecule has 1 aromatic rings. The first-order valence-corrected chi connectivity index (χ1v) is 9.07. The molecule has 0 aliphatic carbocycles. The minimum absolute atomic E-state index is 0.743. The van der Waals surface area contributed by atoms with Gasteiger partial charge in [0.15, 0.2) is 5.96 Å². The van der Waals surface area contributed by atoms with Gasteiger partial charge in [-0.2, -0.15) is 0 Å². The topological polar surface area (TPSA) is 54.9 Å². The highest BCUT2D eigenvalue weighted by atomic mass is 16.5. The van der Waals surface area contributed by atoms with Crippen LogP contribution in [0.4, 0.5) is 0 Å². The van der Waals surface area contributed by atoms with Crippen LogP contribution < -0.4 is 15.4 Å². The van der Waals surface area contributed by atoms with E-state index in [0.717, 1.165) is 70.3 Å². The van der Waals surface area contributed by atoms with Crippen molar-refractivity contribution in [3.8, 4) is 5.75 Å². The van der Waals surface area contributed by atoms with Crippen molar-refractivity contribution in [2.45, 2.75) is 39.0 Å². The highest BCUT2D eigenvalue weighted by Gasteiger charge is 1.97. The first kappa shape index (κ1) is 20.3. The Morgan fingerprint density at radius 1 is 0.917 bits per heavy atom. The number of para-hydroxylation sites is 1. The first-order valence-electron chi connectivity index (χ1n) is 9.07. The summed E-state index contributed by atoms with van der Waals surface area (Å²) < 4.78 is 11.2. The number of unbranched alkanes of at least 4 members (excludes halogenated alkanes) is 2. The average molecular weight is 335 g/mol. The van der Waals surface area contributed by atoms with Crippen LogP contribution in [0.3, 0.4) is 0 Å². The van der Waals surface area contributed by atoms with Gasteiger partial charge in [-0.25, -0.2) is 0 Å². The van der Waals surface area contributed by atoms with Crippen molar-refractivity contribution in [2.24, 2.45) is 4.99 Å². The van der Waals surface area contributed by atoms with Gasteiger partial charge < -0.3 is 20.1 Å². The predicted molar refractivity (Wildman–Crippen MR) is 101 cm³/mol. The second-order valence-electron chi connectivity index (χ2n) is 5.61. The van der Waals surface area contributed by atoms with E-state index in [9.17, 15) is 0 Å². The number of hydrogen-bond acceptors (Lipinski definition) is 3. The van der Waals surface area contributed by atoms with Gasteiger partial charge in [-0.15, -0.1) is 0 Å². The van der Waals surface area contributed by atoms with Gasteiger partial charge in [-0.05, 0) is 37.8 Å². The molecule has 0 amide bonds. The summed E-state index contributed by atoms with van der Waals surface area (Å²) in [4.78, 5) is 4.22. The summed E-state index contributed by atoms with van der Waals surface area (Å²) in [6.45, 7) is 6.37. The van der Waals surface area contributed by atoms with E-state index in [0.29, 0.717) is 0 Å². The lowest BCUT2D eigenvalue weighted by Gasteiger charge is -2.12. The summed E-state index contributed by atoms with van der Waals surface area (Å²) in [5, 5.41) is 6.63. The second-order valence-corrected chi connectivity index (χ2v) is 5.61. The number of guanidine groups is 1. The molecule has 0 unspecified atom stereocenters. The number of nitrogens with zero attached hydrogens (tertiary/aromatic N) is 1. The Bertz CT molecular complexity index is 424. The number of aliphatic imine (C=N–C) groups is 1. The molecule has 5 nitrogen and oxygen atoms in total. The lowest BCUT2D eigenvalue weighted by atomic mass is 10.3. The van der Waals surface area contributed by atoms with Gasteiger partial charge in [-0.3, -0.25) is 4.99 Å². The summed E-state index contributed by atoms with van der Waals surface area (Å²) in [5.74, 6) is 1.79. The lowest BCUT2D eigenvalue weighted by Crippen LogP contribution is -2.38. The van der Waals surface area contributed by atoms with Crippen molar-refractivity contribution >= 4 is 5.96 Å². The molecule has 2 N–H and O–H groups in total. The Morgan fingerprint density at radius 2 is 1.62 bits per heavy atom. The molecule has 1 aromatic carbocycles. The van der Waals surface area contributed by atoms with Gasteiger partial charge >= 0.3 is 0 Å². The maximum atomic E-state index is 5.67. The quantitative estimate of drug-likeness (QED) is 0.330. The molecule has 5 heteroatoms. The summed E-state index contributed by atoms with van der Waals surface area (Å²) in [7, 11) is 1.80. The largest absolute Gasteiger partial charge is 0.494 e. The molecule has 136 valence electrons. The summed E-state index contributed by atoms with van der Waals surface area (Å²) in [6.07, 6.45) is 5.39. The molecule has 0 saturated carbocycles. The van der Waals surface area contributed by atoms with Crippen LogP contribution in [-0.2, 0) is 4.74 Å². The Morgan fingerprint density at radius 3 is 2.33 bits per heavy atom. The second kappa shape index (κ2) is 14.8. The van der Waals surface area contributed by atoms with E-state index >= 15 is 0 Å². The van der Waals surface area contributed by atoms with Crippen molar-refractivity contribution < 1.29 is 9.47 Å². The van der Waals surface area contributed by atoms with Crippen LogP contribution in [0.2, 0.25) is 0 Å². The number of benzene rings is 1. The third-order valence-electron chi connectivity index (χ3n) is 3.50. The molecule has 0 bridgehead atoms. The van der Waals surface area contributed by atoms with Gasteiger partial charge in [0.2, 0.25) is 0 Å². The number of nitrogens with one attached hydrogen (secondary N) is 2. The molecule has 1 rings (SSSR count). The van der Waals surface area contributed by atoms with Crippen LogP contribution in [0, 0.1) is 0 Å². The molecule has 0 aliphatic heterocycles. The van der Waals surface area contributed by atoms with Crippen LogP contribution in [-0.4, -0.2) is 45.9 Å². The van der Waals surface area contributed by atoms with E-state index in [1.165, 1.54) is 6.42 Å². The standard InChI is InChI=1S/C19H33N3O2/c1-3-4-15-23-16-10-14-22-19(20-2)21-13-8-9-17-24-18-11-6-5-7-12-18/h5-7,11-12H,3-4,8-10,13-17H2,1-2H3,(H2,20,21,22). The van der Waals surface area contributed by atoms with Crippen molar-refractivity contribution in [3.63, 3.8) is 0 Å². The number of hydrogen-bond donors (Lipinski definition) is 2. The third-order valence-corrected chi connectivity index (χ3v) is 3.50. The molecule has 0 saturated heterocycles. The molecule has 0 fully saturated rings. The zero-order chi connectivity index (χ0) is 17.3. The average Bonchev–Trinajstić information content (AvgIpc) is 2.63. The van der Waals surface area contributed by atoms with E-state index in [-0.39, 0.29) is 0 Å². The highest BCUT2D eigenvalue weighted by Crippen LogP contribution is 2.08. The molecule has 0 radical (unpaired) electrons. The normalized spacial score (nSPS) is 11.3. The van der Waals surface area contributed by atoms with Crippen LogP contribution in [0.25, 0.3) is 0 Å². The molecule has 0 atom stereocenters. The summed E-state index contributed by atoms with van der Waals surface area (Å²) >= 11 is 0. The monoisotopic (exact) mass is 335 g/mol. The molecular formula is C19H33N3O2. The molecule has 0 spiro atoms.